The molecule has 0 aliphatic carbocycles. The summed E-state index contributed by atoms with van der Waals surface area (Å²) in [5, 5.41) is 5.68. The molecule has 41 heavy (non-hydrogen) atoms. The van der Waals surface area contributed by atoms with Crippen molar-refractivity contribution in [3.05, 3.63) is 93.7 Å². The summed E-state index contributed by atoms with van der Waals surface area (Å²) in [6.07, 6.45) is 3.27. The minimum Gasteiger partial charge on any atom is -0.490 e. The highest BCUT2D eigenvalue weighted by molar-refractivity contribution is 7.99. The standard InChI is InChI=1S/C30H27Cl2N3O5S/c1-19-24(31)6-4-8-27(19)39-12-13-40-30(37)35-11-14-41-28-23(5-3-7-26(28)35)22-16-33-34(18-22)17-21-15-20(29(36)38-2)9-10-25(21)32/h3-10,15-16,18H,11-14,17H2,1-2H3. The summed E-state index contributed by atoms with van der Waals surface area (Å²) in [6, 6.07) is 16.3. The highest BCUT2D eigenvalue weighted by Gasteiger charge is 2.26. The molecule has 1 aliphatic heterocycles. The van der Waals surface area contributed by atoms with Crippen LogP contribution in [0.5, 0.6) is 5.75 Å². The third-order valence-electron chi connectivity index (χ3n) is 6.59. The number of amides is 1. The number of fused-ring (bicyclic) bond motifs is 1. The molecule has 0 saturated carbocycles. The van der Waals surface area contributed by atoms with Crippen LogP contribution in [0.4, 0.5) is 10.5 Å². The van der Waals surface area contributed by atoms with Gasteiger partial charge in [-0.3, -0.25) is 9.58 Å². The number of nitrogens with zero attached hydrogens (tertiary/aromatic N) is 3. The van der Waals surface area contributed by atoms with Crippen LogP contribution in [0.2, 0.25) is 10.0 Å². The van der Waals surface area contributed by atoms with E-state index < -0.39 is 12.1 Å². The van der Waals surface area contributed by atoms with E-state index in [2.05, 4.69) is 5.10 Å². The van der Waals surface area contributed by atoms with E-state index >= 15 is 0 Å². The lowest BCUT2D eigenvalue weighted by molar-refractivity contribution is 0.0600. The van der Waals surface area contributed by atoms with E-state index in [-0.39, 0.29) is 13.2 Å². The van der Waals surface area contributed by atoms with Crippen LogP contribution in [0.1, 0.15) is 21.5 Å². The molecule has 0 atom stereocenters. The number of anilines is 1. The molecule has 8 nitrogen and oxygen atoms in total. The van der Waals surface area contributed by atoms with Crippen LogP contribution < -0.4 is 9.64 Å². The number of ether oxygens (including phenoxy) is 3. The van der Waals surface area contributed by atoms with E-state index in [9.17, 15) is 9.59 Å². The third kappa shape index (κ3) is 6.48. The van der Waals surface area contributed by atoms with Gasteiger partial charge in [0, 0.05) is 50.1 Å². The molecule has 0 radical (unpaired) electrons. The molecule has 11 heteroatoms. The van der Waals surface area contributed by atoms with E-state index in [0.29, 0.717) is 34.4 Å². The molecule has 1 aromatic heterocycles. The number of carbonyl (C=O) groups is 2. The Hall–Kier alpha value is -3.66. The summed E-state index contributed by atoms with van der Waals surface area (Å²) in [4.78, 5) is 27.6. The predicted octanol–water partition coefficient (Wildman–Crippen LogP) is 7.13. The van der Waals surface area contributed by atoms with Gasteiger partial charge in [0.05, 0.1) is 31.1 Å². The molecule has 212 valence electrons. The first kappa shape index (κ1) is 28.9. The van der Waals surface area contributed by atoms with Gasteiger partial charge in [0.2, 0.25) is 0 Å². The smallest absolute Gasteiger partial charge is 0.414 e. The average Bonchev–Trinajstić information content (AvgIpc) is 3.45. The molecule has 4 aromatic rings. The highest BCUT2D eigenvalue weighted by Crippen LogP contribution is 2.42. The quantitative estimate of drug-likeness (QED) is 0.155. The zero-order valence-corrected chi connectivity index (χ0v) is 24.8. The zero-order chi connectivity index (χ0) is 28.9. The number of hydrogen-bond donors (Lipinski definition) is 0. The van der Waals surface area contributed by atoms with E-state index in [1.165, 1.54) is 7.11 Å². The Labute approximate surface area is 252 Å². The number of halogens is 2. The fourth-order valence-corrected chi connectivity index (χ4v) is 5.96. The molecule has 0 unspecified atom stereocenters. The molecule has 0 saturated heterocycles. The van der Waals surface area contributed by atoms with E-state index in [1.54, 1.807) is 51.8 Å². The van der Waals surface area contributed by atoms with Crippen molar-refractivity contribution in [3.8, 4) is 16.9 Å². The molecule has 1 amide bonds. The fourth-order valence-electron chi connectivity index (χ4n) is 4.47. The molecule has 0 fully saturated rings. The van der Waals surface area contributed by atoms with Crippen molar-refractivity contribution in [1.29, 1.82) is 0 Å². The summed E-state index contributed by atoms with van der Waals surface area (Å²) in [5.41, 5.74) is 4.66. The Balaban J connectivity index is 1.27. The molecule has 1 aliphatic rings. The highest BCUT2D eigenvalue weighted by atomic mass is 35.5. The maximum atomic E-state index is 13.0. The number of aromatic nitrogens is 2. The van der Waals surface area contributed by atoms with Gasteiger partial charge in [-0.25, -0.2) is 9.59 Å². The lowest BCUT2D eigenvalue weighted by atomic mass is 10.1. The van der Waals surface area contributed by atoms with Gasteiger partial charge < -0.3 is 14.2 Å². The van der Waals surface area contributed by atoms with Gasteiger partial charge in [-0.2, -0.15) is 5.10 Å². The van der Waals surface area contributed by atoms with Gasteiger partial charge in [-0.05, 0) is 48.9 Å². The Morgan fingerprint density at radius 2 is 1.88 bits per heavy atom. The van der Waals surface area contributed by atoms with Gasteiger partial charge in [-0.15, -0.1) is 11.8 Å². The number of thioether (sulfide) groups is 1. The first-order valence-electron chi connectivity index (χ1n) is 12.8. The number of rotatable bonds is 8. The normalized spacial score (nSPS) is 12.5. The van der Waals surface area contributed by atoms with Crippen molar-refractivity contribution >= 4 is 52.7 Å². The SMILES string of the molecule is COC(=O)c1ccc(Cl)c(Cn2cc(-c3cccc4c3SCCN4C(=O)OCCOc3cccc(Cl)c3C)cn2)c1. The zero-order valence-electron chi connectivity index (χ0n) is 22.4. The molecule has 3 aromatic carbocycles. The number of carbonyl (C=O) groups excluding carboxylic acids is 2. The van der Waals surface area contributed by atoms with Crippen LogP contribution in [0.15, 0.2) is 71.9 Å². The first-order valence-corrected chi connectivity index (χ1v) is 14.6. The third-order valence-corrected chi connectivity index (χ3v) is 8.48. The van der Waals surface area contributed by atoms with Crippen molar-refractivity contribution in [2.45, 2.75) is 18.4 Å². The molecule has 2 heterocycles. The van der Waals surface area contributed by atoms with Gasteiger partial charge >= 0.3 is 12.1 Å². The average molecular weight is 613 g/mol. The van der Waals surface area contributed by atoms with E-state index in [1.807, 2.05) is 43.5 Å². The summed E-state index contributed by atoms with van der Waals surface area (Å²) < 4.78 is 17.9. The molecule has 0 spiro atoms. The van der Waals surface area contributed by atoms with E-state index in [4.69, 9.17) is 37.4 Å². The summed E-state index contributed by atoms with van der Waals surface area (Å²) in [6.45, 7) is 3.11. The minimum absolute atomic E-state index is 0.107. The molecule has 0 bridgehead atoms. The lowest BCUT2D eigenvalue weighted by Gasteiger charge is -2.29. The lowest BCUT2D eigenvalue weighted by Crippen LogP contribution is -2.36. The van der Waals surface area contributed by atoms with Crippen LogP contribution in [-0.4, -0.2) is 54.5 Å². The van der Waals surface area contributed by atoms with Crippen LogP contribution >= 0.6 is 35.0 Å². The van der Waals surface area contributed by atoms with Crippen molar-refractivity contribution < 1.29 is 23.8 Å². The second-order valence-electron chi connectivity index (χ2n) is 9.20. The van der Waals surface area contributed by atoms with Crippen LogP contribution in [0.3, 0.4) is 0 Å². The summed E-state index contributed by atoms with van der Waals surface area (Å²) in [7, 11) is 1.34. The van der Waals surface area contributed by atoms with Crippen molar-refractivity contribution in [3.63, 3.8) is 0 Å². The second kappa shape index (κ2) is 12.9. The Kier molecular flexibility index (Phi) is 9.07. The monoisotopic (exact) mass is 611 g/mol. The van der Waals surface area contributed by atoms with Crippen molar-refractivity contribution in [2.75, 3.05) is 37.5 Å². The molecule has 5 rings (SSSR count). The van der Waals surface area contributed by atoms with Crippen molar-refractivity contribution in [1.82, 2.24) is 9.78 Å². The Morgan fingerprint density at radius 3 is 2.71 bits per heavy atom. The number of esters is 1. The Morgan fingerprint density at radius 1 is 1.05 bits per heavy atom. The van der Waals surface area contributed by atoms with Crippen LogP contribution in [0, 0.1) is 6.92 Å². The maximum Gasteiger partial charge on any atom is 0.414 e. The van der Waals surface area contributed by atoms with Gasteiger partial charge in [0.1, 0.15) is 19.0 Å². The predicted molar refractivity (Wildman–Crippen MR) is 161 cm³/mol. The first-order chi connectivity index (χ1) is 19.9. The minimum atomic E-state index is -0.427. The molecular weight excluding hydrogens is 585 g/mol. The molecular formula is C30H27Cl2N3O5S. The maximum absolute atomic E-state index is 13.0. The largest absolute Gasteiger partial charge is 0.490 e. The number of benzene rings is 3. The number of methoxy groups -OCH3 is 1. The van der Waals surface area contributed by atoms with Crippen LogP contribution in [0.25, 0.3) is 11.1 Å². The number of hydrogen-bond acceptors (Lipinski definition) is 7. The van der Waals surface area contributed by atoms with Gasteiger partial charge in [0.25, 0.3) is 0 Å². The second-order valence-corrected chi connectivity index (χ2v) is 11.1. The van der Waals surface area contributed by atoms with E-state index in [0.717, 1.165) is 38.6 Å². The molecule has 0 N–H and O–H groups in total. The summed E-state index contributed by atoms with van der Waals surface area (Å²) in [5.74, 6) is 0.960. The van der Waals surface area contributed by atoms with Gasteiger partial charge in [0.15, 0.2) is 0 Å². The van der Waals surface area contributed by atoms with Gasteiger partial charge in [-0.1, -0.05) is 41.4 Å². The fraction of sp³-hybridized carbons (Fsp3) is 0.233. The Bertz CT molecular complexity index is 1590. The van der Waals surface area contributed by atoms with Crippen LogP contribution in [-0.2, 0) is 16.0 Å². The van der Waals surface area contributed by atoms with Crippen molar-refractivity contribution in [2.24, 2.45) is 0 Å². The topological polar surface area (TPSA) is 82.9 Å². The summed E-state index contributed by atoms with van der Waals surface area (Å²) >= 11 is 14.2.